The number of fused-ring (bicyclic) bond motifs is 4. The van der Waals surface area contributed by atoms with E-state index in [0.29, 0.717) is 0 Å². The first-order valence-electron chi connectivity index (χ1n) is 11.5. The van der Waals surface area contributed by atoms with Gasteiger partial charge in [-0.2, -0.15) is 0 Å². The van der Waals surface area contributed by atoms with Gasteiger partial charge in [0.15, 0.2) is 5.11 Å². The molecular formula is C24H32N4OS. The van der Waals surface area contributed by atoms with Gasteiger partial charge in [0.25, 0.3) is 0 Å². The van der Waals surface area contributed by atoms with E-state index in [-0.39, 0.29) is 6.04 Å². The van der Waals surface area contributed by atoms with Crippen molar-refractivity contribution in [3.63, 3.8) is 0 Å². The van der Waals surface area contributed by atoms with Crippen LogP contribution in [0, 0.1) is 11.8 Å². The lowest BCUT2D eigenvalue weighted by atomic mass is 9.74. The molecule has 1 aromatic heterocycles. The van der Waals surface area contributed by atoms with Gasteiger partial charge in [0.2, 0.25) is 0 Å². The van der Waals surface area contributed by atoms with E-state index in [2.05, 4.69) is 33.1 Å². The quantitative estimate of drug-likeness (QED) is 0.721. The van der Waals surface area contributed by atoms with E-state index in [0.717, 1.165) is 71.7 Å². The molecule has 0 amide bonds. The van der Waals surface area contributed by atoms with Crippen LogP contribution in [-0.4, -0.2) is 57.2 Å². The first kappa shape index (κ1) is 20.2. The van der Waals surface area contributed by atoms with Crippen molar-refractivity contribution in [2.75, 3.05) is 31.5 Å². The largest absolute Gasteiger partial charge is 0.387 e. The Bertz CT molecular complexity index is 929. The highest BCUT2D eigenvalue weighted by molar-refractivity contribution is 7.80. The van der Waals surface area contributed by atoms with E-state index in [9.17, 15) is 5.11 Å². The Balaban J connectivity index is 1.40. The molecule has 0 aliphatic carbocycles. The lowest BCUT2D eigenvalue weighted by molar-refractivity contribution is -0.0510. The molecule has 6 rings (SSSR count). The van der Waals surface area contributed by atoms with E-state index in [4.69, 9.17) is 12.2 Å². The Hall–Kier alpha value is -1.76. The van der Waals surface area contributed by atoms with Crippen molar-refractivity contribution in [1.82, 2.24) is 14.8 Å². The molecule has 4 fully saturated rings. The molecule has 2 N–H and O–H groups in total. The van der Waals surface area contributed by atoms with Crippen LogP contribution in [0.25, 0.3) is 10.9 Å². The molecule has 6 heteroatoms. The summed E-state index contributed by atoms with van der Waals surface area (Å²) in [6, 6.07) is 8.37. The van der Waals surface area contributed by atoms with Crippen molar-refractivity contribution in [2.24, 2.45) is 11.8 Å². The van der Waals surface area contributed by atoms with E-state index < -0.39 is 6.10 Å². The minimum absolute atomic E-state index is 0.205. The second-order valence-corrected chi connectivity index (χ2v) is 9.77. The summed E-state index contributed by atoms with van der Waals surface area (Å²) in [5.74, 6) is 1.48. The van der Waals surface area contributed by atoms with Crippen molar-refractivity contribution < 1.29 is 5.11 Å². The van der Waals surface area contributed by atoms with Crippen LogP contribution in [0.4, 0.5) is 5.69 Å². The number of aliphatic hydroxyl groups is 1. The molecule has 0 radical (unpaired) electrons. The summed E-state index contributed by atoms with van der Waals surface area (Å²) in [5, 5.41) is 16.6. The lowest BCUT2D eigenvalue weighted by Gasteiger charge is -2.50. The molecule has 5 heterocycles. The Morgan fingerprint density at radius 2 is 2.03 bits per heavy atom. The SMILES string of the molecule is CC1CN2CCC1CC2C(O)c1ccnc2ccc(NC(=S)N3CCCCC3)cc12. The predicted molar refractivity (Wildman–Crippen MR) is 126 cm³/mol. The molecule has 30 heavy (non-hydrogen) atoms. The van der Waals surface area contributed by atoms with Crippen LogP contribution in [0.15, 0.2) is 30.5 Å². The van der Waals surface area contributed by atoms with Gasteiger partial charge in [-0.3, -0.25) is 9.88 Å². The Morgan fingerprint density at radius 1 is 1.20 bits per heavy atom. The average Bonchev–Trinajstić information content (AvgIpc) is 2.79. The van der Waals surface area contributed by atoms with Gasteiger partial charge in [0, 0.05) is 42.9 Å². The zero-order valence-corrected chi connectivity index (χ0v) is 18.6. The molecule has 5 atom stereocenters. The number of aliphatic hydroxyl groups excluding tert-OH is 1. The fourth-order valence-corrected chi connectivity index (χ4v) is 5.98. The molecule has 1 aromatic carbocycles. The molecular weight excluding hydrogens is 392 g/mol. The Kier molecular flexibility index (Phi) is 5.65. The molecule has 2 aromatic rings. The Morgan fingerprint density at radius 3 is 2.77 bits per heavy atom. The summed E-state index contributed by atoms with van der Waals surface area (Å²) in [7, 11) is 0. The number of aromatic nitrogens is 1. The van der Waals surface area contributed by atoms with Crippen molar-refractivity contribution in [3.05, 3.63) is 36.0 Å². The van der Waals surface area contributed by atoms with Crippen molar-refractivity contribution >= 4 is 33.9 Å². The summed E-state index contributed by atoms with van der Waals surface area (Å²) >= 11 is 5.66. The third-order valence-corrected chi connectivity index (χ3v) is 7.84. The normalized spacial score (nSPS) is 29.7. The standard InChI is InChI=1S/C24H32N4OS/c1-16-15-28-12-8-17(16)13-22(28)23(29)19-7-9-25-21-6-5-18(14-20(19)21)26-24(30)27-10-3-2-4-11-27/h5-7,9,14,16-17,22-23,29H,2-4,8,10-13,15H2,1H3,(H,26,30). The van der Waals surface area contributed by atoms with Gasteiger partial charge in [-0.15, -0.1) is 0 Å². The second kappa shape index (κ2) is 8.40. The first-order valence-corrected chi connectivity index (χ1v) is 11.9. The first-order chi connectivity index (χ1) is 14.6. The van der Waals surface area contributed by atoms with Gasteiger partial charge in [-0.25, -0.2) is 0 Å². The number of nitrogens with one attached hydrogen (secondary N) is 1. The van der Waals surface area contributed by atoms with E-state index in [1.807, 2.05) is 24.4 Å². The molecule has 0 spiro atoms. The minimum Gasteiger partial charge on any atom is -0.387 e. The van der Waals surface area contributed by atoms with Gasteiger partial charge < -0.3 is 15.3 Å². The van der Waals surface area contributed by atoms with E-state index in [1.165, 1.54) is 25.7 Å². The van der Waals surface area contributed by atoms with Gasteiger partial charge >= 0.3 is 0 Å². The number of pyridine rings is 1. The smallest absolute Gasteiger partial charge is 0.173 e. The number of piperidine rings is 4. The van der Waals surface area contributed by atoms with Crippen LogP contribution >= 0.6 is 12.2 Å². The molecule has 5 nitrogen and oxygen atoms in total. The fourth-order valence-electron chi connectivity index (χ4n) is 5.68. The van der Waals surface area contributed by atoms with Crippen LogP contribution in [0.5, 0.6) is 0 Å². The number of nitrogens with zero attached hydrogens (tertiary/aromatic N) is 3. The maximum absolute atomic E-state index is 11.4. The lowest BCUT2D eigenvalue weighted by Crippen LogP contribution is -2.54. The van der Waals surface area contributed by atoms with Crippen molar-refractivity contribution in [3.8, 4) is 0 Å². The van der Waals surface area contributed by atoms with Crippen LogP contribution < -0.4 is 5.32 Å². The summed E-state index contributed by atoms with van der Waals surface area (Å²) < 4.78 is 0. The van der Waals surface area contributed by atoms with Gasteiger partial charge in [-0.05, 0) is 92.5 Å². The molecule has 0 saturated carbocycles. The topological polar surface area (TPSA) is 51.6 Å². The maximum Gasteiger partial charge on any atom is 0.173 e. The monoisotopic (exact) mass is 424 g/mol. The molecule has 4 aliphatic heterocycles. The zero-order chi connectivity index (χ0) is 20.7. The number of likely N-dealkylation sites (tertiary alicyclic amines) is 1. The van der Waals surface area contributed by atoms with E-state index >= 15 is 0 Å². The summed E-state index contributed by atoms with van der Waals surface area (Å²) in [5.41, 5.74) is 2.88. The highest BCUT2D eigenvalue weighted by Crippen LogP contribution is 2.41. The molecule has 160 valence electrons. The number of hydrogen-bond donors (Lipinski definition) is 2. The summed E-state index contributed by atoms with van der Waals surface area (Å²) in [4.78, 5) is 9.30. The predicted octanol–water partition coefficient (Wildman–Crippen LogP) is 4.18. The highest BCUT2D eigenvalue weighted by atomic mass is 32.1. The van der Waals surface area contributed by atoms with Crippen LogP contribution in [0.2, 0.25) is 0 Å². The third kappa shape index (κ3) is 3.81. The average molecular weight is 425 g/mol. The van der Waals surface area contributed by atoms with E-state index in [1.54, 1.807) is 0 Å². The van der Waals surface area contributed by atoms with Gasteiger partial charge in [0.05, 0.1) is 11.6 Å². The fraction of sp³-hybridized carbons (Fsp3) is 0.583. The number of hydrogen-bond acceptors (Lipinski definition) is 4. The van der Waals surface area contributed by atoms with Crippen LogP contribution in [-0.2, 0) is 0 Å². The highest BCUT2D eigenvalue weighted by Gasteiger charge is 2.41. The molecule has 2 bridgehead atoms. The van der Waals surface area contributed by atoms with Crippen LogP contribution in [0.1, 0.15) is 50.7 Å². The molecule has 4 saturated heterocycles. The second-order valence-electron chi connectivity index (χ2n) is 9.38. The third-order valence-electron chi connectivity index (χ3n) is 7.48. The zero-order valence-electron chi connectivity index (χ0n) is 17.8. The van der Waals surface area contributed by atoms with Crippen LogP contribution in [0.3, 0.4) is 0 Å². The minimum atomic E-state index is -0.491. The number of rotatable bonds is 3. The maximum atomic E-state index is 11.4. The van der Waals surface area contributed by atoms with Gasteiger partial charge in [0.1, 0.15) is 0 Å². The summed E-state index contributed by atoms with van der Waals surface area (Å²) in [6.45, 7) is 6.62. The number of thiocarbonyl (C=S) groups is 1. The Labute approximate surface area is 184 Å². The number of benzene rings is 1. The van der Waals surface area contributed by atoms with Crippen molar-refractivity contribution in [1.29, 1.82) is 0 Å². The van der Waals surface area contributed by atoms with Gasteiger partial charge in [-0.1, -0.05) is 6.92 Å². The summed E-state index contributed by atoms with van der Waals surface area (Å²) in [6.07, 6.45) is 7.39. The molecule has 5 unspecified atom stereocenters. The number of anilines is 1. The van der Waals surface area contributed by atoms with Crippen molar-refractivity contribution in [2.45, 2.75) is 51.2 Å². The molecule has 4 aliphatic rings.